The van der Waals surface area contributed by atoms with E-state index in [-0.39, 0.29) is 5.91 Å². The molecule has 5 heteroatoms. The Morgan fingerprint density at radius 1 is 1.33 bits per heavy atom. The average molecular weight is 285 g/mol. The van der Waals surface area contributed by atoms with Crippen LogP contribution < -0.4 is 5.32 Å². The van der Waals surface area contributed by atoms with E-state index < -0.39 is 5.97 Å². The third-order valence-electron chi connectivity index (χ3n) is 2.95. The van der Waals surface area contributed by atoms with Crippen molar-refractivity contribution < 1.29 is 19.1 Å². The van der Waals surface area contributed by atoms with Gasteiger partial charge in [-0.25, -0.2) is 4.79 Å². The van der Waals surface area contributed by atoms with Crippen molar-refractivity contribution in [1.29, 1.82) is 0 Å². The van der Waals surface area contributed by atoms with E-state index >= 15 is 0 Å². The van der Waals surface area contributed by atoms with Gasteiger partial charge in [-0.05, 0) is 48.4 Å². The molecule has 0 aliphatic carbocycles. The summed E-state index contributed by atoms with van der Waals surface area (Å²) in [5.41, 5.74) is 2.07. The molecule has 0 bridgehead atoms. The van der Waals surface area contributed by atoms with E-state index in [1.54, 1.807) is 36.6 Å². The van der Waals surface area contributed by atoms with Crippen molar-refractivity contribution in [2.75, 3.05) is 0 Å². The summed E-state index contributed by atoms with van der Waals surface area (Å²) >= 11 is 0. The Balaban J connectivity index is 2.10. The molecule has 0 atom stereocenters. The maximum absolute atomic E-state index is 12.0. The van der Waals surface area contributed by atoms with Crippen LogP contribution in [0.1, 0.15) is 27.2 Å². The molecule has 1 amide bonds. The summed E-state index contributed by atoms with van der Waals surface area (Å²) < 4.78 is 5.14. The highest BCUT2D eigenvalue weighted by Crippen LogP contribution is 2.13. The van der Waals surface area contributed by atoms with Crippen LogP contribution in [0.15, 0.2) is 47.1 Å². The van der Waals surface area contributed by atoms with Crippen LogP contribution in [0.3, 0.4) is 0 Å². The highest BCUT2D eigenvalue weighted by Gasteiger charge is 2.08. The first-order valence-electron chi connectivity index (χ1n) is 6.38. The lowest BCUT2D eigenvalue weighted by molar-refractivity contribution is -0.131. The molecule has 1 aromatic carbocycles. The van der Waals surface area contributed by atoms with Gasteiger partial charge in [0.2, 0.25) is 0 Å². The fourth-order valence-electron chi connectivity index (χ4n) is 1.80. The fraction of sp³-hybridized carbons (Fsp3) is 0.125. The number of carboxylic acids is 1. The minimum atomic E-state index is -1.03. The van der Waals surface area contributed by atoms with Gasteiger partial charge < -0.3 is 14.8 Å². The van der Waals surface area contributed by atoms with Gasteiger partial charge in [0.15, 0.2) is 0 Å². The number of nitrogens with one attached hydrogen (secondary N) is 1. The Morgan fingerprint density at radius 3 is 2.81 bits per heavy atom. The Morgan fingerprint density at radius 2 is 2.14 bits per heavy atom. The summed E-state index contributed by atoms with van der Waals surface area (Å²) in [5.74, 6) is -0.597. The van der Waals surface area contributed by atoms with Crippen molar-refractivity contribution in [3.8, 4) is 0 Å². The maximum atomic E-state index is 12.0. The second-order valence-electron chi connectivity index (χ2n) is 4.50. The molecular weight excluding hydrogens is 270 g/mol. The average Bonchev–Trinajstić information content (AvgIpc) is 2.97. The number of benzene rings is 1. The van der Waals surface area contributed by atoms with Crippen LogP contribution in [-0.2, 0) is 11.3 Å². The van der Waals surface area contributed by atoms with Crippen LogP contribution in [0.5, 0.6) is 0 Å². The van der Waals surface area contributed by atoms with E-state index in [4.69, 9.17) is 9.52 Å². The number of furan rings is 1. The number of carbonyl (C=O) groups excluding carboxylic acids is 1. The predicted molar refractivity (Wildman–Crippen MR) is 77.7 cm³/mol. The zero-order valence-corrected chi connectivity index (χ0v) is 11.5. The molecule has 0 unspecified atom stereocenters. The Kier molecular flexibility index (Phi) is 4.56. The normalized spacial score (nSPS) is 10.7. The number of hydrogen-bond acceptors (Lipinski definition) is 3. The molecule has 108 valence electrons. The number of carbonyl (C=O) groups is 2. The minimum Gasteiger partial charge on any atom is -0.478 e. The highest BCUT2D eigenvalue weighted by molar-refractivity contribution is 5.95. The van der Waals surface area contributed by atoms with Gasteiger partial charge in [-0.3, -0.25) is 4.79 Å². The maximum Gasteiger partial charge on any atom is 0.328 e. The molecule has 0 radical (unpaired) electrons. The molecular formula is C16H15NO4. The first kappa shape index (κ1) is 14.6. The Bertz CT molecular complexity index is 672. The van der Waals surface area contributed by atoms with Crippen LogP contribution in [0, 0.1) is 6.92 Å². The number of rotatable bonds is 5. The molecule has 1 aromatic heterocycles. The van der Waals surface area contributed by atoms with Gasteiger partial charge in [-0.2, -0.15) is 0 Å². The summed E-state index contributed by atoms with van der Waals surface area (Å²) in [4.78, 5) is 22.6. The quantitative estimate of drug-likeness (QED) is 0.828. The molecule has 21 heavy (non-hydrogen) atoms. The van der Waals surface area contributed by atoms with Crippen molar-refractivity contribution in [3.63, 3.8) is 0 Å². The Labute approximate surface area is 121 Å². The Hall–Kier alpha value is -2.82. The van der Waals surface area contributed by atoms with Gasteiger partial charge in [0.1, 0.15) is 5.76 Å². The summed E-state index contributed by atoms with van der Waals surface area (Å²) in [6, 6.07) is 8.67. The van der Waals surface area contributed by atoms with Crippen molar-refractivity contribution in [1.82, 2.24) is 5.32 Å². The number of aliphatic carboxylic acids is 1. The van der Waals surface area contributed by atoms with Crippen molar-refractivity contribution in [2.24, 2.45) is 0 Å². The lowest BCUT2D eigenvalue weighted by atomic mass is 10.0. The van der Waals surface area contributed by atoms with Crippen molar-refractivity contribution >= 4 is 18.0 Å². The standard InChI is InChI=1S/C16H15NO4/c1-11-4-5-13(9-12(11)6-7-15(18)19)16(20)17-10-14-3-2-8-21-14/h2-9H,10H2,1H3,(H,17,20)(H,18,19)/b7-6+. The summed E-state index contributed by atoms with van der Waals surface area (Å²) in [5, 5.41) is 11.4. The molecule has 0 fully saturated rings. The lowest BCUT2D eigenvalue weighted by Gasteiger charge is -2.06. The third kappa shape index (κ3) is 4.07. The molecule has 0 aliphatic rings. The fourth-order valence-corrected chi connectivity index (χ4v) is 1.80. The molecule has 1 heterocycles. The zero-order chi connectivity index (χ0) is 15.2. The minimum absolute atomic E-state index is 0.239. The van der Waals surface area contributed by atoms with E-state index in [2.05, 4.69) is 5.32 Å². The van der Waals surface area contributed by atoms with Gasteiger partial charge >= 0.3 is 5.97 Å². The number of hydrogen-bond donors (Lipinski definition) is 2. The molecule has 2 N–H and O–H groups in total. The largest absolute Gasteiger partial charge is 0.478 e. The van der Waals surface area contributed by atoms with Crippen LogP contribution >= 0.6 is 0 Å². The number of carboxylic acid groups (broad SMARTS) is 1. The predicted octanol–water partition coefficient (Wildman–Crippen LogP) is 2.62. The second-order valence-corrected chi connectivity index (χ2v) is 4.50. The van der Waals surface area contributed by atoms with E-state index in [1.807, 2.05) is 6.92 Å². The van der Waals surface area contributed by atoms with E-state index in [1.165, 1.54) is 6.08 Å². The van der Waals surface area contributed by atoms with Gasteiger partial charge in [0, 0.05) is 11.6 Å². The lowest BCUT2D eigenvalue weighted by Crippen LogP contribution is -2.22. The van der Waals surface area contributed by atoms with Crippen molar-refractivity contribution in [3.05, 3.63) is 65.1 Å². The van der Waals surface area contributed by atoms with E-state index in [0.29, 0.717) is 23.4 Å². The molecule has 2 rings (SSSR count). The van der Waals surface area contributed by atoms with Gasteiger partial charge in [0.25, 0.3) is 5.91 Å². The molecule has 0 aliphatic heterocycles. The van der Waals surface area contributed by atoms with E-state index in [0.717, 1.165) is 11.6 Å². The van der Waals surface area contributed by atoms with Crippen LogP contribution in [0.4, 0.5) is 0 Å². The molecule has 0 saturated carbocycles. The number of amides is 1. The topological polar surface area (TPSA) is 79.5 Å². The monoisotopic (exact) mass is 285 g/mol. The smallest absolute Gasteiger partial charge is 0.328 e. The van der Waals surface area contributed by atoms with Gasteiger partial charge in [-0.1, -0.05) is 6.07 Å². The number of aryl methyl sites for hydroxylation is 1. The summed E-state index contributed by atoms with van der Waals surface area (Å²) in [6.07, 6.45) is 4.07. The van der Waals surface area contributed by atoms with Crippen molar-refractivity contribution in [2.45, 2.75) is 13.5 Å². The molecule has 5 nitrogen and oxygen atoms in total. The molecule has 2 aromatic rings. The summed E-state index contributed by atoms with van der Waals surface area (Å²) in [6.45, 7) is 2.16. The molecule has 0 spiro atoms. The first-order valence-corrected chi connectivity index (χ1v) is 6.38. The van der Waals surface area contributed by atoms with Crippen LogP contribution in [0.25, 0.3) is 6.08 Å². The third-order valence-corrected chi connectivity index (χ3v) is 2.95. The van der Waals surface area contributed by atoms with Crippen LogP contribution in [0.2, 0.25) is 0 Å². The van der Waals surface area contributed by atoms with Gasteiger partial charge in [0.05, 0.1) is 12.8 Å². The first-order chi connectivity index (χ1) is 10.1. The van der Waals surface area contributed by atoms with Crippen LogP contribution in [-0.4, -0.2) is 17.0 Å². The highest BCUT2D eigenvalue weighted by atomic mass is 16.4. The SMILES string of the molecule is Cc1ccc(C(=O)NCc2ccco2)cc1/C=C/C(=O)O. The zero-order valence-electron chi connectivity index (χ0n) is 11.5. The molecule has 0 saturated heterocycles. The van der Waals surface area contributed by atoms with Gasteiger partial charge in [-0.15, -0.1) is 0 Å². The summed E-state index contributed by atoms with van der Waals surface area (Å²) in [7, 11) is 0. The van der Waals surface area contributed by atoms with E-state index in [9.17, 15) is 9.59 Å². The second kappa shape index (κ2) is 6.56.